The molecule has 1 amide bonds. The molecule has 0 aromatic heterocycles. The second-order valence-electron chi connectivity index (χ2n) is 4.76. The van der Waals surface area contributed by atoms with Gasteiger partial charge in [-0.3, -0.25) is 4.79 Å². The van der Waals surface area contributed by atoms with Crippen molar-refractivity contribution in [1.29, 1.82) is 0 Å². The lowest BCUT2D eigenvalue weighted by Gasteiger charge is -2.36. The van der Waals surface area contributed by atoms with E-state index in [4.69, 9.17) is 5.73 Å². The van der Waals surface area contributed by atoms with Gasteiger partial charge in [-0.15, -0.1) is 0 Å². The van der Waals surface area contributed by atoms with E-state index in [0.29, 0.717) is 0 Å². The quantitative estimate of drug-likeness (QED) is 0.866. The highest BCUT2D eigenvalue weighted by atomic mass is 16.1. The normalized spacial score (nSPS) is 16.5. The highest BCUT2D eigenvalue weighted by molar-refractivity contribution is 5.84. The summed E-state index contributed by atoms with van der Waals surface area (Å²) in [7, 11) is 0. The predicted molar refractivity (Wildman–Crippen MR) is 70.1 cm³/mol. The Hall–Kier alpha value is -1.51. The molecule has 1 aliphatic heterocycles. The zero-order valence-corrected chi connectivity index (χ0v) is 10.6. The molecule has 1 aromatic rings. The van der Waals surface area contributed by atoms with Crippen LogP contribution in [0.15, 0.2) is 18.2 Å². The summed E-state index contributed by atoms with van der Waals surface area (Å²) in [5.41, 5.74) is 9.29. The molecule has 2 N–H and O–H groups in total. The summed E-state index contributed by atoms with van der Waals surface area (Å²) in [5.74, 6) is -0.221. The SMILES string of the molecule is CCC(C(N)=O)N1CCCc2cc(C)ccc21. The van der Waals surface area contributed by atoms with Gasteiger partial charge in [-0.2, -0.15) is 0 Å². The number of benzene rings is 1. The van der Waals surface area contributed by atoms with Crippen LogP contribution >= 0.6 is 0 Å². The molecular weight excluding hydrogens is 212 g/mol. The lowest BCUT2D eigenvalue weighted by molar-refractivity contribution is -0.119. The minimum Gasteiger partial charge on any atom is -0.368 e. The largest absolute Gasteiger partial charge is 0.368 e. The van der Waals surface area contributed by atoms with Crippen LogP contribution in [0.1, 0.15) is 30.9 Å². The Bertz CT molecular complexity index is 428. The van der Waals surface area contributed by atoms with Crippen molar-refractivity contribution in [2.24, 2.45) is 5.73 Å². The molecule has 0 aliphatic carbocycles. The van der Waals surface area contributed by atoms with E-state index in [1.165, 1.54) is 16.8 Å². The van der Waals surface area contributed by atoms with E-state index >= 15 is 0 Å². The number of rotatable bonds is 3. The molecule has 1 unspecified atom stereocenters. The van der Waals surface area contributed by atoms with E-state index in [-0.39, 0.29) is 11.9 Å². The van der Waals surface area contributed by atoms with Crippen molar-refractivity contribution in [2.75, 3.05) is 11.4 Å². The number of anilines is 1. The number of fused-ring (bicyclic) bond motifs is 1. The Kier molecular flexibility index (Phi) is 3.36. The third-order valence-corrected chi connectivity index (χ3v) is 3.48. The highest BCUT2D eigenvalue weighted by Gasteiger charge is 2.26. The van der Waals surface area contributed by atoms with Gasteiger partial charge in [-0.25, -0.2) is 0 Å². The second kappa shape index (κ2) is 4.78. The van der Waals surface area contributed by atoms with Crippen LogP contribution < -0.4 is 10.6 Å². The fourth-order valence-corrected chi connectivity index (χ4v) is 2.65. The molecule has 0 bridgehead atoms. The minimum absolute atomic E-state index is 0.170. The molecule has 0 radical (unpaired) electrons. The molecule has 1 aromatic carbocycles. The first-order chi connectivity index (χ1) is 8.13. The van der Waals surface area contributed by atoms with Gasteiger partial charge in [0, 0.05) is 12.2 Å². The molecule has 92 valence electrons. The molecule has 3 nitrogen and oxygen atoms in total. The van der Waals surface area contributed by atoms with E-state index in [0.717, 1.165) is 25.8 Å². The monoisotopic (exact) mass is 232 g/mol. The maximum absolute atomic E-state index is 11.5. The minimum atomic E-state index is -0.221. The molecule has 17 heavy (non-hydrogen) atoms. The fourth-order valence-electron chi connectivity index (χ4n) is 2.65. The highest BCUT2D eigenvalue weighted by Crippen LogP contribution is 2.30. The Labute approximate surface area is 103 Å². The molecule has 0 saturated heterocycles. The topological polar surface area (TPSA) is 46.3 Å². The van der Waals surface area contributed by atoms with E-state index in [2.05, 4.69) is 30.0 Å². The first-order valence-corrected chi connectivity index (χ1v) is 6.29. The van der Waals surface area contributed by atoms with Crippen molar-refractivity contribution in [3.05, 3.63) is 29.3 Å². The summed E-state index contributed by atoms with van der Waals surface area (Å²) in [6, 6.07) is 6.27. The maximum atomic E-state index is 11.5. The smallest absolute Gasteiger partial charge is 0.240 e. The summed E-state index contributed by atoms with van der Waals surface area (Å²) in [6.45, 7) is 5.04. The summed E-state index contributed by atoms with van der Waals surface area (Å²) < 4.78 is 0. The maximum Gasteiger partial charge on any atom is 0.240 e. The Morgan fingerprint density at radius 2 is 2.29 bits per heavy atom. The number of hydrogen-bond acceptors (Lipinski definition) is 2. The van der Waals surface area contributed by atoms with Gasteiger partial charge >= 0.3 is 0 Å². The second-order valence-corrected chi connectivity index (χ2v) is 4.76. The molecule has 1 aliphatic rings. The van der Waals surface area contributed by atoms with Crippen molar-refractivity contribution in [3.63, 3.8) is 0 Å². The zero-order valence-electron chi connectivity index (χ0n) is 10.6. The van der Waals surface area contributed by atoms with Gasteiger partial charge in [0.05, 0.1) is 0 Å². The van der Waals surface area contributed by atoms with E-state index in [1.807, 2.05) is 6.92 Å². The van der Waals surface area contributed by atoms with E-state index in [9.17, 15) is 4.79 Å². The lowest BCUT2D eigenvalue weighted by Crippen LogP contribution is -2.46. The number of amides is 1. The molecule has 0 saturated carbocycles. The molecular formula is C14H20N2O. The van der Waals surface area contributed by atoms with Gasteiger partial charge in [0.15, 0.2) is 0 Å². The lowest BCUT2D eigenvalue weighted by atomic mass is 9.97. The van der Waals surface area contributed by atoms with Crippen molar-refractivity contribution < 1.29 is 4.79 Å². The van der Waals surface area contributed by atoms with Crippen LogP contribution in [0.2, 0.25) is 0 Å². The summed E-state index contributed by atoms with van der Waals surface area (Å²) in [5, 5.41) is 0. The van der Waals surface area contributed by atoms with Crippen LogP contribution in [0.25, 0.3) is 0 Å². The molecule has 1 heterocycles. The summed E-state index contributed by atoms with van der Waals surface area (Å²) >= 11 is 0. The van der Waals surface area contributed by atoms with Crippen LogP contribution in [0, 0.1) is 6.92 Å². The van der Waals surface area contributed by atoms with Crippen molar-refractivity contribution in [3.8, 4) is 0 Å². The number of carbonyl (C=O) groups is 1. The first-order valence-electron chi connectivity index (χ1n) is 6.29. The number of primary amides is 1. The third kappa shape index (κ3) is 2.28. The summed E-state index contributed by atoms with van der Waals surface area (Å²) in [4.78, 5) is 13.7. The molecule has 0 fully saturated rings. The van der Waals surface area contributed by atoms with Gasteiger partial charge in [-0.05, 0) is 37.8 Å². The van der Waals surface area contributed by atoms with Crippen molar-refractivity contribution >= 4 is 11.6 Å². The average Bonchev–Trinajstić information content (AvgIpc) is 2.29. The predicted octanol–water partition coefficient (Wildman–Crippen LogP) is 2.01. The molecule has 3 heteroatoms. The Morgan fingerprint density at radius 1 is 1.53 bits per heavy atom. The van der Waals surface area contributed by atoms with Crippen LogP contribution in [-0.4, -0.2) is 18.5 Å². The third-order valence-electron chi connectivity index (χ3n) is 3.48. The standard InChI is InChI=1S/C14H20N2O/c1-3-12(14(15)17)16-8-4-5-11-9-10(2)6-7-13(11)16/h6-7,9,12H,3-5,8H2,1-2H3,(H2,15,17). The number of carbonyl (C=O) groups excluding carboxylic acids is 1. The molecule has 2 rings (SSSR count). The molecule has 0 spiro atoms. The van der Waals surface area contributed by atoms with Gasteiger partial charge in [0.2, 0.25) is 5.91 Å². The zero-order chi connectivity index (χ0) is 12.4. The number of nitrogens with zero attached hydrogens (tertiary/aromatic N) is 1. The van der Waals surface area contributed by atoms with E-state index < -0.39 is 0 Å². The van der Waals surface area contributed by atoms with Gasteiger partial charge in [0.25, 0.3) is 0 Å². The Morgan fingerprint density at radius 3 is 2.94 bits per heavy atom. The Balaban J connectivity index is 2.37. The van der Waals surface area contributed by atoms with Crippen molar-refractivity contribution in [1.82, 2.24) is 0 Å². The van der Waals surface area contributed by atoms with Crippen LogP contribution in [-0.2, 0) is 11.2 Å². The van der Waals surface area contributed by atoms with Crippen molar-refractivity contribution in [2.45, 2.75) is 39.2 Å². The first kappa shape index (κ1) is 12.0. The average molecular weight is 232 g/mol. The molecule has 1 atom stereocenters. The van der Waals surface area contributed by atoms with E-state index in [1.54, 1.807) is 0 Å². The van der Waals surface area contributed by atoms with Gasteiger partial charge in [-0.1, -0.05) is 24.6 Å². The van der Waals surface area contributed by atoms with Gasteiger partial charge < -0.3 is 10.6 Å². The van der Waals surface area contributed by atoms with Crippen LogP contribution in [0.5, 0.6) is 0 Å². The van der Waals surface area contributed by atoms with Crippen LogP contribution in [0.3, 0.4) is 0 Å². The number of nitrogens with two attached hydrogens (primary N) is 1. The van der Waals surface area contributed by atoms with Crippen LogP contribution in [0.4, 0.5) is 5.69 Å². The fraction of sp³-hybridized carbons (Fsp3) is 0.500. The summed E-state index contributed by atoms with van der Waals surface area (Å²) in [6.07, 6.45) is 2.96. The van der Waals surface area contributed by atoms with Gasteiger partial charge in [0.1, 0.15) is 6.04 Å². The number of hydrogen-bond donors (Lipinski definition) is 1. The number of aryl methyl sites for hydroxylation is 2.